The minimum atomic E-state index is 0.0472. The van der Waals surface area contributed by atoms with E-state index in [2.05, 4.69) is 40.5 Å². The minimum Gasteiger partial charge on any atom is -0.383 e. The number of nitrogens with zero attached hydrogens (tertiary/aromatic N) is 1. The van der Waals surface area contributed by atoms with Crippen molar-refractivity contribution in [2.45, 2.75) is 24.9 Å². The van der Waals surface area contributed by atoms with E-state index in [1.165, 1.54) is 12.0 Å². The summed E-state index contributed by atoms with van der Waals surface area (Å²) in [6, 6.07) is 10.7. The van der Waals surface area contributed by atoms with Crippen molar-refractivity contribution in [1.29, 1.82) is 0 Å². The second-order valence-corrected chi connectivity index (χ2v) is 5.70. The highest BCUT2D eigenvalue weighted by Crippen LogP contribution is 2.21. The number of methoxy groups -OCH3 is 1. The van der Waals surface area contributed by atoms with Crippen LogP contribution in [0.5, 0.6) is 0 Å². The second-order valence-electron chi connectivity index (χ2n) is 5.70. The van der Waals surface area contributed by atoms with Crippen LogP contribution in [-0.4, -0.2) is 50.3 Å². The molecule has 0 saturated carbocycles. The summed E-state index contributed by atoms with van der Waals surface area (Å²) in [6.45, 7) is 5.47. The fourth-order valence-electron chi connectivity index (χ4n) is 3.01. The van der Waals surface area contributed by atoms with Gasteiger partial charge in [0.25, 0.3) is 0 Å². The van der Waals surface area contributed by atoms with Gasteiger partial charge in [-0.1, -0.05) is 30.3 Å². The number of rotatable bonds is 7. The molecule has 20 heavy (non-hydrogen) atoms. The van der Waals surface area contributed by atoms with E-state index in [9.17, 15) is 0 Å². The molecule has 1 atom stereocenters. The van der Waals surface area contributed by atoms with Crippen molar-refractivity contribution >= 4 is 0 Å². The monoisotopic (exact) mass is 277 g/mol. The zero-order chi connectivity index (χ0) is 14.3. The van der Waals surface area contributed by atoms with Crippen molar-refractivity contribution in [3.8, 4) is 0 Å². The summed E-state index contributed by atoms with van der Waals surface area (Å²) < 4.78 is 5.13. The van der Waals surface area contributed by atoms with Gasteiger partial charge in [0.05, 0.1) is 6.61 Å². The van der Waals surface area contributed by atoms with Crippen LogP contribution >= 0.6 is 0 Å². The Labute approximate surface area is 122 Å². The second kappa shape index (κ2) is 7.74. The lowest BCUT2D eigenvalue weighted by Crippen LogP contribution is -2.61. The predicted octanol–water partition coefficient (Wildman–Crippen LogP) is 1.22. The molecule has 1 unspecified atom stereocenters. The molecule has 2 rings (SSSR count). The minimum absolute atomic E-state index is 0.0472. The highest BCUT2D eigenvalue weighted by molar-refractivity contribution is 5.14. The molecule has 1 aliphatic heterocycles. The molecule has 0 amide bonds. The van der Waals surface area contributed by atoms with Crippen molar-refractivity contribution in [1.82, 2.24) is 10.2 Å². The molecule has 112 valence electrons. The Balaban J connectivity index is 1.92. The maximum Gasteiger partial charge on any atom is 0.0587 e. The normalized spacial score (nSPS) is 23.9. The van der Waals surface area contributed by atoms with Crippen molar-refractivity contribution in [2.24, 2.45) is 5.73 Å². The van der Waals surface area contributed by atoms with Gasteiger partial charge in [-0.05, 0) is 24.9 Å². The van der Waals surface area contributed by atoms with Gasteiger partial charge in [0, 0.05) is 38.8 Å². The topological polar surface area (TPSA) is 50.5 Å². The molecule has 3 N–H and O–H groups in total. The number of likely N-dealkylation sites (tertiary alicyclic amines) is 1. The highest BCUT2D eigenvalue weighted by atomic mass is 16.5. The van der Waals surface area contributed by atoms with Gasteiger partial charge in [-0.25, -0.2) is 0 Å². The molecular formula is C16H27N3O. The summed E-state index contributed by atoms with van der Waals surface area (Å²) in [7, 11) is 1.74. The largest absolute Gasteiger partial charge is 0.383 e. The van der Waals surface area contributed by atoms with Crippen LogP contribution in [0.2, 0.25) is 0 Å². The van der Waals surface area contributed by atoms with E-state index in [0.717, 1.165) is 39.2 Å². The van der Waals surface area contributed by atoms with E-state index < -0.39 is 0 Å². The summed E-state index contributed by atoms with van der Waals surface area (Å²) in [4.78, 5) is 2.51. The Morgan fingerprint density at radius 3 is 2.85 bits per heavy atom. The van der Waals surface area contributed by atoms with Crippen LogP contribution in [0, 0.1) is 0 Å². The van der Waals surface area contributed by atoms with Gasteiger partial charge in [0.15, 0.2) is 0 Å². The molecular weight excluding hydrogens is 250 g/mol. The average molecular weight is 277 g/mol. The lowest BCUT2D eigenvalue weighted by atomic mass is 9.88. The van der Waals surface area contributed by atoms with Crippen LogP contribution in [-0.2, 0) is 11.3 Å². The standard InChI is InChI=1S/C16H27N3O/c1-20-11-9-18-16(13-17)8-5-10-19(14-16)12-15-6-3-2-4-7-15/h2-4,6-7,18H,5,8-14,17H2,1H3. The fourth-order valence-corrected chi connectivity index (χ4v) is 3.01. The van der Waals surface area contributed by atoms with Crippen molar-refractivity contribution in [3.63, 3.8) is 0 Å². The third-order valence-electron chi connectivity index (χ3n) is 4.10. The molecule has 1 heterocycles. The number of benzene rings is 1. The predicted molar refractivity (Wildman–Crippen MR) is 82.6 cm³/mol. The number of hydrogen-bond donors (Lipinski definition) is 2. The average Bonchev–Trinajstić information content (AvgIpc) is 2.49. The molecule has 0 radical (unpaired) electrons. The maximum absolute atomic E-state index is 6.05. The van der Waals surface area contributed by atoms with E-state index in [1.54, 1.807) is 7.11 Å². The molecule has 4 heteroatoms. The Morgan fingerprint density at radius 1 is 1.35 bits per heavy atom. The van der Waals surface area contributed by atoms with Crippen LogP contribution in [0.3, 0.4) is 0 Å². The van der Waals surface area contributed by atoms with Crippen LogP contribution < -0.4 is 11.1 Å². The Morgan fingerprint density at radius 2 is 2.15 bits per heavy atom. The van der Waals surface area contributed by atoms with Gasteiger partial charge in [0.2, 0.25) is 0 Å². The molecule has 1 aromatic rings. The zero-order valence-electron chi connectivity index (χ0n) is 12.5. The van der Waals surface area contributed by atoms with Gasteiger partial charge in [-0.15, -0.1) is 0 Å². The molecule has 1 aliphatic rings. The van der Waals surface area contributed by atoms with Crippen molar-refractivity contribution in [2.75, 3.05) is 39.9 Å². The molecule has 4 nitrogen and oxygen atoms in total. The first kappa shape index (κ1) is 15.4. The van der Waals surface area contributed by atoms with Gasteiger partial charge in [-0.2, -0.15) is 0 Å². The number of piperidine rings is 1. The summed E-state index contributed by atoms with van der Waals surface area (Å²) in [5, 5.41) is 3.61. The number of nitrogens with two attached hydrogens (primary N) is 1. The molecule has 0 aliphatic carbocycles. The smallest absolute Gasteiger partial charge is 0.0587 e. The Hall–Kier alpha value is -0.940. The van der Waals surface area contributed by atoms with Gasteiger partial charge < -0.3 is 15.8 Å². The zero-order valence-corrected chi connectivity index (χ0v) is 12.5. The Kier molecular flexibility index (Phi) is 5.98. The number of ether oxygens (including phenoxy) is 1. The van der Waals surface area contributed by atoms with Gasteiger partial charge in [-0.3, -0.25) is 4.90 Å². The Bertz CT molecular complexity index is 385. The summed E-state index contributed by atoms with van der Waals surface area (Å²) in [6.07, 6.45) is 2.35. The van der Waals surface area contributed by atoms with E-state index in [0.29, 0.717) is 6.54 Å². The quantitative estimate of drug-likeness (QED) is 0.736. The summed E-state index contributed by atoms with van der Waals surface area (Å²) in [5.74, 6) is 0. The maximum atomic E-state index is 6.05. The SMILES string of the molecule is COCCNC1(CN)CCCN(Cc2ccccc2)C1. The lowest BCUT2D eigenvalue weighted by Gasteiger charge is -2.43. The van der Waals surface area contributed by atoms with E-state index >= 15 is 0 Å². The molecule has 1 fully saturated rings. The van der Waals surface area contributed by atoms with E-state index in [-0.39, 0.29) is 5.54 Å². The van der Waals surface area contributed by atoms with Crippen LogP contribution in [0.15, 0.2) is 30.3 Å². The summed E-state index contributed by atoms with van der Waals surface area (Å²) >= 11 is 0. The molecule has 0 aromatic heterocycles. The van der Waals surface area contributed by atoms with Crippen LogP contribution in [0.25, 0.3) is 0 Å². The third-order valence-corrected chi connectivity index (χ3v) is 4.10. The lowest BCUT2D eigenvalue weighted by molar-refractivity contribution is 0.108. The molecule has 1 aromatic carbocycles. The molecule has 0 bridgehead atoms. The van der Waals surface area contributed by atoms with Gasteiger partial charge in [0.1, 0.15) is 0 Å². The first-order chi connectivity index (χ1) is 9.78. The third kappa shape index (κ3) is 4.28. The van der Waals surface area contributed by atoms with Crippen LogP contribution in [0.1, 0.15) is 18.4 Å². The molecule has 0 spiro atoms. The molecule has 1 saturated heterocycles. The van der Waals surface area contributed by atoms with E-state index in [4.69, 9.17) is 10.5 Å². The number of hydrogen-bond acceptors (Lipinski definition) is 4. The van der Waals surface area contributed by atoms with Crippen LogP contribution in [0.4, 0.5) is 0 Å². The first-order valence-electron chi connectivity index (χ1n) is 7.48. The number of nitrogens with one attached hydrogen (secondary N) is 1. The summed E-state index contributed by atoms with van der Waals surface area (Å²) in [5.41, 5.74) is 7.47. The van der Waals surface area contributed by atoms with Crippen molar-refractivity contribution in [3.05, 3.63) is 35.9 Å². The van der Waals surface area contributed by atoms with Crippen molar-refractivity contribution < 1.29 is 4.74 Å². The fraction of sp³-hybridized carbons (Fsp3) is 0.625. The first-order valence-corrected chi connectivity index (χ1v) is 7.48. The highest BCUT2D eigenvalue weighted by Gasteiger charge is 2.33. The van der Waals surface area contributed by atoms with Gasteiger partial charge >= 0.3 is 0 Å². The van der Waals surface area contributed by atoms with E-state index in [1.807, 2.05) is 0 Å².